The van der Waals surface area contributed by atoms with Crippen LogP contribution < -0.4 is 9.80 Å². The van der Waals surface area contributed by atoms with Crippen molar-refractivity contribution in [1.29, 1.82) is 0 Å². The van der Waals surface area contributed by atoms with Crippen molar-refractivity contribution >= 4 is 123 Å². The molecule has 0 saturated carbocycles. The van der Waals surface area contributed by atoms with Crippen molar-refractivity contribution in [1.82, 2.24) is 4.57 Å². The number of aromatic nitrogens is 1. The van der Waals surface area contributed by atoms with E-state index in [-0.39, 0.29) is 10.8 Å². The molecule has 2 aliphatic carbocycles. The number of nitrogens with zero attached hydrogens (tertiary/aromatic N) is 3. The van der Waals surface area contributed by atoms with Crippen molar-refractivity contribution in [3.05, 3.63) is 354 Å². The van der Waals surface area contributed by atoms with E-state index in [1.54, 1.807) is 0 Å². The average molecular weight is 1210 g/mol. The fourth-order valence-electron chi connectivity index (χ4n) is 15.6. The summed E-state index contributed by atoms with van der Waals surface area (Å²) in [5.74, 6) is 0. The van der Waals surface area contributed by atoms with E-state index < -0.39 is 0 Å². The highest BCUT2D eigenvalue weighted by atomic mass is 15.1. The molecule has 3 nitrogen and oxygen atoms in total. The first-order chi connectivity index (χ1) is 46.5. The van der Waals surface area contributed by atoms with E-state index in [2.05, 4.69) is 376 Å². The van der Waals surface area contributed by atoms with E-state index in [4.69, 9.17) is 0 Å². The Kier molecular flexibility index (Phi) is 12.9. The summed E-state index contributed by atoms with van der Waals surface area (Å²) in [4.78, 5) is 4.85. The predicted octanol–water partition coefficient (Wildman–Crippen LogP) is 25.3. The Balaban J connectivity index is 0.647. The Hall–Kier alpha value is -11.8. The monoisotopic (exact) mass is 1210 g/mol. The smallest absolute Gasteiger partial charge is 0.0541 e. The number of anilines is 6. The second kappa shape index (κ2) is 21.9. The molecule has 1 heterocycles. The molecule has 1 aromatic heterocycles. The first kappa shape index (κ1) is 56.0. The number of hydrogen-bond acceptors (Lipinski definition) is 2. The van der Waals surface area contributed by atoms with Gasteiger partial charge in [-0.05, 0) is 219 Å². The van der Waals surface area contributed by atoms with Crippen LogP contribution in [0.1, 0.15) is 72.2 Å². The number of hydrogen-bond donors (Lipinski definition) is 0. The summed E-state index contributed by atoms with van der Waals surface area (Å²) >= 11 is 0. The van der Waals surface area contributed by atoms with Crippen molar-refractivity contribution in [3.8, 4) is 27.9 Å². The van der Waals surface area contributed by atoms with Crippen LogP contribution in [0.15, 0.2) is 309 Å². The first-order valence-corrected chi connectivity index (χ1v) is 33.2. The van der Waals surface area contributed by atoms with Crippen molar-refractivity contribution in [2.24, 2.45) is 0 Å². The van der Waals surface area contributed by atoms with Gasteiger partial charge in [-0.15, -0.1) is 0 Å². The normalized spacial score (nSPS) is 13.6. The van der Waals surface area contributed by atoms with Crippen LogP contribution in [0.5, 0.6) is 0 Å². The topological polar surface area (TPSA) is 11.4 Å². The van der Waals surface area contributed by atoms with Gasteiger partial charge in [0.05, 0.1) is 11.0 Å². The molecular weight excluding hydrogens is 1150 g/mol. The maximum atomic E-state index is 2.44. The summed E-state index contributed by atoms with van der Waals surface area (Å²) in [6, 6.07) is 115. The van der Waals surface area contributed by atoms with E-state index in [0.29, 0.717) is 0 Å². The lowest BCUT2D eigenvalue weighted by Gasteiger charge is -2.28. The third-order valence-electron chi connectivity index (χ3n) is 20.6. The standard InChI is InChI=1S/C92H67N3/c1-91(2)85-52-62(30-44-79(85)81-46-42-77(58-87(81)91)93(73-38-34-64-16-8-12-20-68(64)54-73)74-39-35-65-17-9-13-21-69(65)55-74)28-26-60-32-48-89-83(50-60)84-51-61(33-49-90(84)95(89)72-24-6-5-7-25-72)27-29-63-31-45-80-82-47-43-78(59-88(82)92(3,4)86(80)53-63)94(75-40-36-66-18-10-14-22-70(66)56-75)76-41-37-67-19-11-15-23-71(67)57-76/h5-59H,1-4H3. The minimum atomic E-state index is -0.233. The van der Waals surface area contributed by atoms with Gasteiger partial charge in [0.25, 0.3) is 0 Å². The summed E-state index contributed by atoms with van der Waals surface area (Å²) in [6.07, 6.45) is 9.16. The minimum Gasteiger partial charge on any atom is -0.310 e. The Morgan fingerprint density at radius 3 is 0.874 bits per heavy atom. The molecule has 0 atom stereocenters. The fourth-order valence-corrected chi connectivity index (χ4v) is 15.6. The molecule has 0 unspecified atom stereocenters. The molecule has 0 spiro atoms. The molecule has 0 amide bonds. The minimum absolute atomic E-state index is 0.233. The van der Waals surface area contributed by atoms with Gasteiger partial charge in [-0.3, -0.25) is 0 Å². The van der Waals surface area contributed by atoms with Gasteiger partial charge in [0, 0.05) is 61.4 Å². The zero-order chi connectivity index (χ0) is 63.5. The Morgan fingerprint density at radius 2 is 0.516 bits per heavy atom. The Labute approximate surface area is 554 Å². The molecular formula is C92H67N3. The van der Waals surface area contributed by atoms with Crippen LogP contribution >= 0.6 is 0 Å². The maximum Gasteiger partial charge on any atom is 0.0541 e. The van der Waals surface area contributed by atoms with Gasteiger partial charge in [-0.2, -0.15) is 0 Å². The highest BCUT2D eigenvalue weighted by Crippen LogP contribution is 2.54. The van der Waals surface area contributed by atoms with Gasteiger partial charge >= 0.3 is 0 Å². The second-order valence-corrected chi connectivity index (χ2v) is 27.0. The van der Waals surface area contributed by atoms with Crippen LogP contribution in [0.25, 0.3) is 117 Å². The highest BCUT2D eigenvalue weighted by Gasteiger charge is 2.38. The van der Waals surface area contributed by atoms with Gasteiger partial charge in [0.2, 0.25) is 0 Å². The highest BCUT2D eigenvalue weighted by molar-refractivity contribution is 6.11. The van der Waals surface area contributed by atoms with Crippen LogP contribution in [0.4, 0.5) is 34.1 Å². The number of benzene rings is 15. The summed E-state index contributed by atoms with van der Waals surface area (Å²) in [5.41, 5.74) is 25.1. The number of fused-ring (bicyclic) bond motifs is 13. The summed E-state index contributed by atoms with van der Waals surface area (Å²) in [7, 11) is 0. The molecule has 3 heteroatoms. The van der Waals surface area contributed by atoms with Crippen molar-refractivity contribution < 1.29 is 0 Å². The van der Waals surface area contributed by atoms with E-state index >= 15 is 0 Å². The molecule has 95 heavy (non-hydrogen) atoms. The second-order valence-electron chi connectivity index (χ2n) is 27.0. The number of rotatable bonds is 11. The van der Waals surface area contributed by atoms with Gasteiger partial charge < -0.3 is 14.4 Å². The van der Waals surface area contributed by atoms with Gasteiger partial charge in [-0.1, -0.05) is 252 Å². The molecule has 2 aliphatic rings. The van der Waals surface area contributed by atoms with Gasteiger partial charge in [0.15, 0.2) is 0 Å². The van der Waals surface area contributed by atoms with Crippen molar-refractivity contribution in [3.63, 3.8) is 0 Å². The van der Waals surface area contributed by atoms with Gasteiger partial charge in [0.1, 0.15) is 0 Å². The van der Waals surface area contributed by atoms with Crippen LogP contribution in [-0.2, 0) is 10.8 Å². The molecule has 18 rings (SSSR count). The number of para-hydroxylation sites is 1. The summed E-state index contributed by atoms with van der Waals surface area (Å²) < 4.78 is 2.41. The van der Waals surface area contributed by atoms with Crippen LogP contribution in [0, 0.1) is 0 Å². The molecule has 0 bridgehead atoms. The molecule has 0 aliphatic heterocycles. The Morgan fingerprint density at radius 1 is 0.242 bits per heavy atom. The van der Waals surface area contributed by atoms with E-state index in [1.807, 2.05) is 0 Å². The summed E-state index contributed by atoms with van der Waals surface area (Å²) in [6.45, 7) is 9.56. The lowest BCUT2D eigenvalue weighted by molar-refractivity contribution is 0.660. The molecule has 450 valence electrons. The fraction of sp³-hybridized carbons (Fsp3) is 0.0652. The summed E-state index contributed by atoms with van der Waals surface area (Å²) in [5, 5.41) is 12.3. The average Bonchev–Trinajstić information content (AvgIpc) is 1.57. The van der Waals surface area contributed by atoms with Crippen molar-refractivity contribution in [2.75, 3.05) is 9.80 Å². The molecule has 15 aromatic carbocycles. The molecule has 0 N–H and O–H groups in total. The molecule has 0 saturated heterocycles. The van der Waals surface area contributed by atoms with Crippen LogP contribution in [-0.4, -0.2) is 4.57 Å². The molecule has 0 radical (unpaired) electrons. The van der Waals surface area contributed by atoms with Gasteiger partial charge in [-0.25, -0.2) is 0 Å². The molecule has 16 aromatic rings. The van der Waals surface area contributed by atoms with Crippen LogP contribution in [0.3, 0.4) is 0 Å². The van der Waals surface area contributed by atoms with E-state index in [1.165, 1.54) is 121 Å². The third kappa shape index (κ3) is 9.48. The SMILES string of the molecule is CC1(C)c2cc(C=Cc3ccc4c(c3)c3cc(C=Cc5ccc6c(c5)C(C)(C)c5cc(N(c7ccc8ccccc8c7)c7ccc8ccccc8c7)ccc5-6)ccc3n4-c3ccccc3)ccc2-c2ccc(N(c3ccc4ccccc4c3)c3ccc4ccccc4c3)cc21. The zero-order valence-electron chi connectivity index (χ0n) is 53.6. The lowest BCUT2D eigenvalue weighted by Crippen LogP contribution is -2.16. The predicted molar refractivity (Wildman–Crippen MR) is 406 cm³/mol. The molecule has 0 fully saturated rings. The Bertz CT molecular complexity index is 5380. The van der Waals surface area contributed by atoms with E-state index in [0.717, 1.165) is 50.9 Å². The van der Waals surface area contributed by atoms with E-state index in [9.17, 15) is 0 Å². The lowest BCUT2D eigenvalue weighted by atomic mass is 9.81. The third-order valence-corrected chi connectivity index (χ3v) is 20.6. The van der Waals surface area contributed by atoms with Crippen LogP contribution in [0.2, 0.25) is 0 Å². The maximum absolute atomic E-state index is 2.44. The van der Waals surface area contributed by atoms with Crippen molar-refractivity contribution in [2.45, 2.75) is 38.5 Å². The quantitative estimate of drug-likeness (QED) is 0.120. The largest absolute Gasteiger partial charge is 0.310 e. The first-order valence-electron chi connectivity index (χ1n) is 33.2. The zero-order valence-corrected chi connectivity index (χ0v) is 53.6.